The molecule has 6 rings (SSSR count). The zero-order valence-corrected chi connectivity index (χ0v) is 16.9. The van der Waals surface area contributed by atoms with Crippen molar-refractivity contribution in [2.24, 2.45) is 23.2 Å². The molecule has 4 bridgehead atoms. The van der Waals surface area contributed by atoms with E-state index < -0.39 is 0 Å². The Balaban J connectivity index is 1.33. The molecule has 4 fully saturated rings. The van der Waals surface area contributed by atoms with Gasteiger partial charge in [-0.1, -0.05) is 11.8 Å². The predicted octanol–water partition coefficient (Wildman–Crippen LogP) is 3.82. The van der Waals surface area contributed by atoms with Crippen LogP contribution in [0.2, 0.25) is 0 Å². The lowest BCUT2D eigenvalue weighted by atomic mass is 9.48. The number of nitriles is 1. The van der Waals surface area contributed by atoms with Gasteiger partial charge in [0.15, 0.2) is 0 Å². The highest BCUT2D eigenvalue weighted by atomic mass is 32.2. The summed E-state index contributed by atoms with van der Waals surface area (Å²) in [6, 6.07) is 4.30. The zero-order valence-electron chi connectivity index (χ0n) is 16.0. The first-order valence-electron chi connectivity index (χ1n) is 10.3. The van der Waals surface area contributed by atoms with Crippen LogP contribution >= 0.6 is 11.8 Å². The number of rotatable bonds is 4. The van der Waals surface area contributed by atoms with E-state index in [1.165, 1.54) is 31.0 Å². The number of carbonyl (C=O) groups excluding carboxylic acids is 1. The number of carbonyl (C=O) groups is 1. The van der Waals surface area contributed by atoms with E-state index in [4.69, 9.17) is 4.98 Å². The van der Waals surface area contributed by atoms with E-state index in [0.717, 1.165) is 72.8 Å². The normalized spacial score (nSPS) is 34.3. The van der Waals surface area contributed by atoms with E-state index >= 15 is 0 Å². The van der Waals surface area contributed by atoms with Crippen LogP contribution in [0.1, 0.15) is 55.3 Å². The second-order valence-electron chi connectivity index (χ2n) is 9.46. The number of thioether (sulfide) groups is 1. The van der Waals surface area contributed by atoms with Gasteiger partial charge in [-0.15, -0.1) is 0 Å². The molecule has 5 heteroatoms. The summed E-state index contributed by atoms with van der Waals surface area (Å²) in [5.41, 5.74) is 2.85. The van der Waals surface area contributed by atoms with Crippen LogP contribution in [-0.2, 0) is 17.8 Å². The molecule has 5 aliphatic rings. The Bertz CT molecular complexity index is 792. The summed E-state index contributed by atoms with van der Waals surface area (Å²) in [5.74, 6) is 3.28. The number of aromatic nitrogens is 1. The van der Waals surface area contributed by atoms with Crippen molar-refractivity contribution < 1.29 is 4.79 Å². The van der Waals surface area contributed by atoms with Crippen LogP contribution in [0.4, 0.5) is 0 Å². The van der Waals surface area contributed by atoms with Gasteiger partial charge in [0, 0.05) is 30.6 Å². The maximum absolute atomic E-state index is 13.3. The van der Waals surface area contributed by atoms with Crippen LogP contribution in [0.5, 0.6) is 0 Å². The molecule has 0 unspecified atom stereocenters. The van der Waals surface area contributed by atoms with Gasteiger partial charge in [-0.25, -0.2) is 4.98 Å². The second kappa shape index (κ2) is 6.60. The van der Waals surface area contributed by atoms with E-state index in [2.05, 4.69) is 18.0 Å². The maximum atomic E-state index is 13.3. The lowest BCUT2D eigenvalue weighted by Gasteiger charge is -2.56. The third kappa shape index (κ3) is 3.11. The van der Waals surface area contributed by atoms with Crippen molar-refractivity contribution in [1.29, 1.82) is 5.26 Å². The fourth-order valence-corrected chi connectivity index (χ4v) is 7.53. The number of nitrogens with zero attached hydrogens (tertiary/aromatic N) is 3. The molecule has 0 aromatic carbocycles. The SMILES string of the molecule is CN1CCc2nc(SCC(=O)C34CC5CC(CC(C5)C3)C4)c(C#N)cc2C1. The van der Waals surface area contributed by atoms with Crippen molar-refractivity contribution in [3.8, 4) is 6.07 Å². The Hall–Kier alpha value is -1.38. The molecule has 2 heterocycles. The molecule has 142 valence electrons. The molecule has 4 saturated carbocycles. The molecule has 27 heavy (non-hydrogen) atoms. The molecule has 4 nitrogen and oxygen atoms in total. The Morgan fingerprint density at radius 3 is 2.59 bits per heavy atom. The van der Waals surface area contributed by atoms with Crippen molar-refractivity contribution in [3.05, 3.63) is 22.9 Å². The van der Waals surface area contributed by atoms with Gasteiger partial charge >= 0.3 is 0 Å². The van der Waals surface area contributed by atoms with Gasteiger partial charge in [0.25, 0.3) is 0 Å². The monoisotopic (exact) mass is 381 g/mol. The van der Waals surface area contributed by atoms with Crippen LogP contribution in [0.15, 0.2) is 11.1 Å². The number of hydrogen-bond donors (Lipinski definition) is 0. The third-order valence-corrected chi connectivity index (χ3v) is 8.41. The topological polar surface area (TPSA) is 57.0 Å². The fraction of sp³-hybridized carbons (Fsp3) is 0.682. The summed E-state index contributed by atoms with van der Waals surface area (Å²) in [4.78, 5) is 20.3. The zero-order chi connectivity index (χ0) is 18.6. The molecule has 0 amide bonds. The van der Waals surface area contributed by atoms with Gasteiger partial charge in [-0.3, -0.25) is 4.79 Å². The quantitative estimate of drug-likeness (QED) is 0.742. The lowest BCUT2D eigenvalue weighted by molar-refractivity contribution is -0.141. The summed E-state index contributed by atoms with van der Waals surface area (Å²) in [6.45, 7) is 1.86. The van der Waals surface area contributed by atoms with Crippen LogP contribution in [0.3, 0.4) is 0 Å². The van der Waals surface area contributed by atoms with Crippen molar-refractivity contribution in [2.45, 2.75) is 56.5 Å². The van der Waals surface area contributed by atoms with E-state index in [9.17, 15) is 10.1 Å². The molecule has 1 aromatic heterocycles. The van der Waals surface area contributed by atoms with E-state index in [1.54, 1.807) is 0 Å². The summed E-state index contributed by atoms with van der Waals surface area (Å²) in [5, 5.41) is 10.3. The highest BCUT2D eigenvalue weighted by Gasteiger charge is 2.54. The van der Waals surface area contributed by atoms with Gasteiger partial charge in [0.1, 0.15) is 16.9 Å². The van der Waals surface area contributed by atoms with Gasteiger partial charge < -0.3 is 4.90 Å². The number of pyridine rings is 1. The molecular formula is C22H27N3OS. The predicted molar refractivity (Wildman–Crippen MR) is 105 cm³/mol. The lowest BCUT2D eigenvalue weighted by Crippen LogP contribution is -2.50. The minimum atomic E-state index is -0.0501. The van der Waals surface area contributed by atoms with Gasteiger partial charge in [-0.05, 0) is 75.0 Å². The third-order valence-electron chi connectivity index (χ3n) is 7.42. The maximum Gasteiger partial charge on any atom is 0.149 e. The minimum absolute atomic E-state index is 0.0501. The standard InChI is InChI=1S/C22H27N3OS/c1-25-3-2-19-18(12-25)7-17(11-23)21(24-19)27-13-20(26)22-8-14-4-15(9-22)6-16(5-14)10-22/h7,14-16H,2-6,8-10,12-13H2,1H3. The first kappa shape index (κ1) is 17.7. The first-order valence-corrected chi connectivity index (χ1v) is 11.3. The van der Waals surface area contributed by atoms with E-state index in [1.807, 2.05) is 6.07 Å². The van der Waals surface area contributed by atoms with Gasteiger partial charge in [0.05, 0.1) is 11.3 Å². The molecule has 0 saturated heterocycles. The van der Waals surface area contributed by atoms with E-state index in [-0.39, 0.29) is 5.41 Å². The van der Waals surface area contributed by atoms with Crippen molar-refractivity contribution >= 4 is 17.5 Å². The molecule has 0 radical (unpaired) electrons. The molecule has 0 N–H and O–H groups in total. The fourth-order valence-electron chi connectivity index (χ4n) is 6.52. The molecule has 1 aliphatic heterocycles. The number of Topliss-reactive ketones (excluding diaryl/α,β-unsaturated/α-hetero) is 1. The number of likely N-dealkylation sites (N-methyl/N-ethyl adjacent to an activating group) is 1. The Labute approximate surface area is 165 Å². The van der Waals surface area contributed by atoms with Crippen LogP contribution in [-0.4, -0.2) is 35.0 Å². The molecule has 0 atom stereocenters. The van der Waals surface area contributed by atoms with Crippen LogP contribution < -0.4 is 0 Å². The van der Waals surface area contributed by atoms with Crippen molar-refractivity contribution in [1.82, 2.24) is 9.88 Å². The number of hydrogen-bond acceptors (Lipinski definition) is 5. The van der Waals surface area contributed by atoms with Crippen LogP contribution in [0.25, 0.3) is 0 Å². The summed E-state index contributed by atoms with van der Waals surface area (Å²) in [6.07, 6.45) is 8.36. The average Bonchev–Trinajstić information content (AvgIpc) is 2.64. The number of ketones is 1. The highest BCUT2D eigenvalue weighted by Crippen LogP contribution is 2.60. The highest BCUT2D eigenvalue weighted by molar-refractivity contribution is 8.00. The molecular weight excluding hydrogens is 354 g/mol. The minimum Gasteiger partial charge on any atom is -0.302 e. The van der Waals surface area contributed by atoms with Crippen molar-refractivity contribution in [3.63, 3.8) is 0 Å². The second-order valence-corrected chi connectivity index (χ2v) is 10.4. The Kier molecular flexibility index (Phi) is 4.33. The summed E-state index contributed by atoms with van der Waals surface area (Å²) in [7, 11) is 2.10. The average molecular weight is 382 g/mol. The summed E-state index contributed by atoms with van der Waals surface area (Å²) < 4.78 is 0. The molecule has 4 aliphatic carbocycles. The first-order chi connectivity index (χ1) is 13.0. The largest absolute Gasteiger partial charge is 0.302 e. The van der Waals surface area contributed by atoms with E-state index in [0.29, 0.717) is 17.1 Å². The smallest absolute Gasteiger partial charge is 0.149 e. The molecule has 1 aromatic rings. The van der Waals surface area contributed by atoms with Gasteiger partial charge in [0.2, 0.25) is 0 Å². The van der Waals surface area contributed by atoms with Crippen molar-refractivity contribution in [2.75, 3.05) is 19.3 Å². The van der Waals surface area contributed by atoms with Crippen LogP contribution in [0, 0.1) is 34.5 Å². The molecule has 0 spiro atoms. The van der Waals surface area contributed by atoms with Gasteiger partial charge in [-0.2, -0.15) is 5.26 Å². The number of fused-ring (bicyclic) bond motifs is 1. The Morgan fingerprint density at radius 2 is 1.96 bits per heavy atom. The summed E-state index contributed by atoms with van der Waals surface area (Å²) >= 11 is 1.51. The Morgan fingerprint density at radius 1 is 1.30 bits per heavy atom.